The predicted molar refractivity (Wildman–Crippen MR) is 142 cm³/mol. The number of hydrogen-bond acceptors (Lipinski definition) is 6. The number of amides is 1. The molecule has 0 heterocycles. The molecule has 0 saturated heterocycles. The second kappa shape index (κ2) is 13.2. The Bertz CT molecular complexity index is 1040. The lowest BCUT2D eigenvalue weighted by molar-refractivity contribution is -0.111. The number of aliphatic imine (C=N–C) groups is 1. The molecule has 1 amide bonds. The minimum absolute atomic E-state index is 0.0889. The van der Waals surface area contributed by atoms with Gasteiger partial charge in [-0.05, 0) is 37.1 Å². The third-order valence-electron chi connectivity index (χ3n) is 5.74. The van der Waals surface area contributed by atoms with Crippen LogP contribution in [0.1, 0.15) is 19.4 Å². The Morgan fingerprint density at radius 3 is 2.54 bits per heavy atom. The van der Waals surface area contributed by atoms with Crippen LogP contribution in [-0.4, -0.2) is 64.5 Å². The van der Waals surface area contributed by atoms with Crippen LogP contribution in [0.25, 0.3) is 0 Å². The zero-order valence-electron chi connectivity index (χ0n) is 21.5. The highest BCUT2D eigenvalue weighted by Crippen LogP contribution is 2.38. The van der Waals surface area contributed by atoms with Crippen molar-refractivity contribution in [1.29, 1.82) is 0 Å². The van der Waals surface area contributed by atoms with E-state index < -0.39 is 0 Å². The number of benzene rings is 2. The first kappa shape index (κ1) is 27.5. The highest BCUT2D eigenvalue weighted by molar-refractivity contribution is 6.00. The fraction of sp³-hybridized carbons (Fsp3) is 0.385. The lowest BCUT2D eigenvalue weighted by Crippen LogP contribution is -2.48. The van der Waals surface area contributed by atoms with Gasteiger partial charge in [0.05, 0.1) is 19.4 Å². The average molecular weight is 484 g/mol. The molecule has 0 radical (unpaired) electrons. The molecule has 0 fully saturated rings. The number of hydrogen-bond donors (Lipinski definition) is 2. The summed E-state index contributed by atoms with van der Waals surface area (Å²) in [5, 5.41) is 2.75. The number of para-hydroxylation sites is 1. The van der Waals surface area contributed by atoms with Gasteiger partial charge in [-0.2, -0.15) is 0 Å². The van der Waals surface area contributed by atoms with Gasteiger partial charge in [0.15, 0.2) is 5.96 Å². The maximum atomic E-state index is 12.0. The van der Waals surface area contributed by atoms with Crippen molar-refractivity contribution >= 4 is 28.9 Å². The first-order valence-corrected chi connectivity index (χ1v) is 11.4. The van der Waals surface area contributed by atoms with E-state index in [4.69, 9.17) is 19.9 Å². The summed E-state index contributed by atoms with van der Waals surface area (Å²) < 4.78 is 16.3. The summed E-state index contributed by atoms with van der Waals surface area (Å²) >= 11 is 0. The Labute approximate surface area is 208 Å². The van der Waals surface area contributed by atoms with Crippen molar-refractivity contribution in [1.82, 2.24) is 4.90 Å². The molecule has 2 aromatic carbocycles. The van der Waals surface area contributed by atoms with Crippen LogP contribution < -0.4 is 25.4 Å². The number of nitrogens with two attached hydrogens (primary N) is 1. The van der Waals surface area contributed by atoms with Crippen LogP contribution >= 0.6 is 0 Å². The molecule has 0 bridgehead atoms. The maximum absolute atomic E-state index is 12.0. The molecule has 35 heavy (non-hydrogen) atoms. The molecule has 2 aromatic rings. The molecule has 0 aliphatic heterocycles. The molecule has 1 atom stereocenters. The van der Waals surface area contributed by atoms with Crippen LogP contribution in [0.15, 0.2) is 54.0 Å². The van der Waals surface area contributed by atoms with Crippen molar-refractivity contribution in [3.05, 3.63) is 54.6 Å². The molecule has 1 unspecified atom stereocenters. The van der Waals surface area contributed by atoms with Gasteiger partial charge in [-0.15, -0.1) is 0 Å². The standard InChI is InChI=1S/C26H37N5O4/c1-8-19-12-10-11-13-22(19)30(4)18(3)31(5)26(27)29-20-16-21(28-25(32)9-2)24(17-23(20)34-7)35-15-14-33-6/h9-13,16-18H,2,8,14-15H2,1,3-7H3,(H2,27,29)(H,28,32). The molecular weight excluding hydrogens is 446 g/mol. The molecule has 9 heteroatoms. The minimum Gasteiger partial charge on any atom is -0.494 e. The van der Waals surface area contributed by atoms with E-state index in [0.29, 0.717) is 36.1 Å². The Kier molecular flexibility index (Phi) is 10.4. The first-order chi connectivity index (χ1) is 16.8. The van der Waals surface area contributed by atoms with E-state index in [9.17, 15) is 4.79 Å². The number of ether oxygens (including phenoxy) is 3. The fourth-order valence-corrected chi connectivity index (χ4v) is 3.45. The lowest BCUT2D eigenvalue weighted by atomic mass is 10.1. The van der Waals surface area contributed by atoms with Gasteiger partial charge in [-0.25, -0.2) is 4.99 Å². The number of carbonyl (C=O) groups is 1. The summed E-state index contributed by atoms with van der Waals surface area (Å²) in [6, 6.07) is 11.6. The van der Waals surface area contributed by atoms with Crippen molar-refractivity contribution in [3.63, 3.8) is 0 Å². The van der Waals surface area contributed by atoms with E-state index in [1.54, 1.807) is 19.2 Å². The summed E-state index contributed by atoms with van der Waals surface area (Å²) in [7, 11) is 7.02. The number of nitrogens with zero attached hydrogens (tertiary/aromatic N) is 3. The molecular formula is C26H37N5O4. The molecule has 3 N–H and O–H groups in total. The van der Waals surface area contributed by atoms with Crippen molar-refractivity contribution in [2.24, 2.45) is 10.7 Å². The van der Waals surface area contributed by atoms with E-state index in [2.05, 4.69) is 47.8 Å². The van der Waals surface area contributed by atoms with Crippen molar-refractivity contribution in [2.45, 2.75) is 26.4 Å². The van der Waals surface area contributed by atoms with Gasteiger partial charge >= 0.3 is 0 Å². The number of rotatable bonds is 12. The van der Waals surface area contributed by atoms with Crippen molar-refractivity contribution < 1.29 is 19.0 Å². The van der Waals surface area contributed by atoms with Crippen LogP contribution in [-0.2, 0) is 16.0 Å². The van der Waals surface area contributed by atoms with Crippen LogP contribution in [0.3, 0.4) is 0 Å². The van der Waals surface area contributed by atoms with E-state index in [-0.39, 0.29) is 18.0 Å². The normalized spacial score (nSPS) is 12.0. The molecule has 0 aliphatic rings. The Morgan fingerprint density at radius 1 is 1.20 bits per heavy atom. The second-order valence-corrected chi connectivity index (χ2v) is 7.86. The van der Waals surface area contributed by atoms with Crippen LogP contribution in [0.2, 0.25) is 0 Å². The molecule has 0 aromatic heterocycles. The molecule has 0 aliphatic carbocycles. The third-order valence-corrected chi connectivity index (χ3v) is 5.74. The second-order valence-electron chi connectivity index (χ2n) is 7.86. The van der Waals surface area contributed by atoms with E-state index in [1.807, 2.05) is 31.1 Å². The number of nitrogens with one attached hydrogen (secondary N) is 1. The number of guanidine groups is 1. The zero-order valence-corrected chi connectivity index (χ0v) is 21.5. The summed E-state index contributed by atoms with van der Waals surface area (Å²) in [6.45, 7) is 8.38. The Balaban J connectivity index is 2.38. The largest absolute Gasteiger partial charge is 0.494 e. The van der Waals surface area contributed by atoms with Gasteiger partial charge < -0.3 is 35.1 Å². The van der Waals surface area contributed by atoms with Gasteiger partial charge in [-0.1, -0.05) is 31.7 Å². The number of methoxy groups -OCH3 is 2. The van der Waals surface area contributed by atoms with Crippen molar-refractivity contribution in [3.8, 4) is 11.5 Å². The molecule has 190 valence electrons. The first-order valence-electron chi connectivity index (χ1n) is 11.4. The number of carbonyl (C=O) groups excluding carboxylic acids is 1. The smallest absolute Gasteiger partial charge is 0.247 e. The Morgan fingerprint density at radius 2 is 1.91 bits per heavy atom. The SMILES string of the molecule is C=CC(=O)Nc1cc(N=C(N)N(C)C(C)N(C)c2ccccc2CC)c(OC)cc1OCCOC. The van der Waals surface area contributed by atoms with Gasteiger partial charge in [0.25, 0.3) is 0 Å². The minimum atomic E-state index is -0.378. The van der Waals surface area contributed by atoms with Gasteiger partial charge in [0.2, 0.25) is 5.91 Å². The van der Waals surface area contributed by atoms with Crippen molar-refractivity contribution in [2.75, 3.05) is 51.7 Å². The van der Waals surface area contributed by atoms with E-state index in [0.717, 1.165) is 12.1 Å². The van der Waals surface area contributed by atoms with Gasteiger partial charge in [0.1, 0.15) is 30.0 Å². The van der Waals surface area contributed by atoms with Crippen LogP contribution in [0.4, 0.5) is 17.1 Å². The lowest BCUT2D eigenvalue weighted by Gasteiger charge is -2.36. The third kappa shape index (κ3) is 7.13. The van der Waals surface area contributed by atoms with Gasteiger partial charge in [0, 0.05) is 33.0 Å². The highest BCUT2D eigenvalue weighted by atomic mass is 16.5. The predicted octanol–water partition coefficient (Wildman–Crippen LogP) is 3.77. The maximum Gasteiger partial charge on any atom is 0.247 e. The monoisotopic (exact) mass is 483 g/mol. The fourth-order valence-electron chi connectivity index (χ4n) is 3.45. The summed E-state index contributed by atoms with van der Waals surface area (Å²) in [5.41, 5.74) is 9.66. The summed E-state index contributed by atoms with van der Waals surface area (Å²) in [5.74, 6) is 0.772. The summed E-state index contributed by atoms with van der Waals surface area (Å²) in [6.07, 6.45) is 2.02. The number of aryl methyl sites for hydroxylation is 1. The molecule has 2 rings (SSSR count). The Hall–Kier alpha value is -3.72. The highest BCUT2D eigenvalue weighted by Gasteiger charge is 2.20. The van der Waals surface area contributed by atoms with Crippen LogP contribution in [0.5, 0.6) is 11.5 Å². The van der Waals surface area contributed by atoms with E-state index in [1.165, 1.54) is 18.7 Å². The quantitative estimate of drug-likeness (QED) is 0.156. The zero-order chi connectivity index (χ0) is 26.0. The molecule has 0 spiro atoms. The molecule has 9 nitrogen and oxygen atoms in total. The summed E-state index contributed by atoms with van der Waals surface area (Å²) in [4.78, 5) is 20.6. The van der Waals surface area contributed by atoms with Gasteiger partial charge in [-0.3, -0.25) is 4.79 Å². The number of anilines is 2. The average Bonchev–Trinajstić information content (AvgIpc) is 2.88. The topological polar surface area (TPSA) is 102 Å². The van der Waals surface area contributed by atoms with Crippen LogP contribution in [0, 0.1) is 0 Å². The van der Waals surface area contributed by atoms with E-state index >= 15 is 0 Å². The molecule has 0 saturated carbocycles.